The van der Waals surface area contributed by atoms with Crippen LogP contribution in [-0.4, -0.2) is 35.1 Å². The predicted molar refractivity (Wildman–Crippen MR) is 100 cm³/mol. The van der Waals surface area contributed by atoms with E-state index in [-0.39, 0.29) is 6.61 Å². The summed E-state index contributed by atoms with van der Waals surface area (Å²) in [5.41, 5.74) is 3.44. The number of oxime groups is 2. The summed E-state index contributed by atoms with van der Waals surface area (Å²) in [4.78, 5) is 18.7. The van der Waals surface area contributed by atoms with E-state index in [1.165, 1.54) is 7.11 Å². The first-order chi connectivity index (χ1) is 12.1. The first kappa shape index (κ1) is 18.6. The van der Waals surface area contributed by atoms with Crippen LogP contribution in [0, 0.1) is 11.8 Å². The first-order valence-corrected chi connectivity index (χ1v) is 8.23. The van der Waals surface area contributed by atoms with Gasteiger partial charge in [0.25, 0.3) is 0 Å². The highest BCUT2D eigenvalue weighted by Crippen LogP contribution is 2.07. The summed E-state index contributed by atoms with van der Waals surface area (Å²) < 4.78 is 0.748. The van der Waals surface area contributed by atoms with Gasteiger partial charge < -0.3 is 9.68 Å². The van der Waals surface area contributed by atoms with Crippen LogP contribution in [0.25, 0.3) is 0 Å². The fourth-order valence-corrected chi connectivity index (χ4v) is 2.18. The molecule has 25 heavy (non-hydrogen) atoms. The molecule has 0 aliphatic carbocycles. The Bertz CT molecular complexity index is 853. The Kier molecular flexibility index (Phi) is 7.11. The summed E-state index contributed by atoms with van der Waals surface area (Å²) in [5, 5.41) is 7.87. The molecule has 0 atom stereocenters. The molecule has 0 saturated heterocycles. The van der Waals surface area contributed by atoms with Crippen LogP contribution in [0.5, 0.6) is 0 Å². The SMILES string of the molecule is CO/N=C(\C)c1cccc(C#CCO/N=C(\C)c2cccc(Br)n2)n1. The third-order valence-corrected chi connectivity index (χ3v) is 3.43. The van der Waals surface area contributed by atoms with E-state index in [0.29, 0.717) is 22.8 Å². The molecule has 0 amide bonds. The number of halogens is 1. The molecule has 0 radical (unpaired) electrons. The number of aromatic nitrogens is 2. The van der Waals surface area contributed by atoms with Gasteiger partial charge in [0.05, 0.1) is 11.4 Å². The van der Waals surface area contributed by atoms with Crippen LogP contribution < -0.4 is 0 Å². The maximum Gasteiger partial charge on any atom is 0.177 e. The minimum absolute atomic E-state index is 0.155. The Morgan fingerprint density at radius 3 is 2.44 bits per heavy atom. The van der Waals surface area contributed by atoms with E-state index in [1.54, 1.807) is 0 Å². The number of pyridine rings is 2. The molecule has 2 heterocycles. The normalized spacial score (nSPS) is 11.5. The Hall–Kier alpha value is -2.72. The highest BCUT2D eigenvalue weighted by molar-refractivity contribution is 9.10. The second kappa shape index (κ2) is 9.55. The predicted octanol–water partition coefficient (Wildman–Crippen LogP) is 3.40. The van der Waals surface area contributed by atoms with Crippen molar-refractivity contribution < 1.29 is 9.68 Å². The van der Waals surface area contributed by atoms with Crippen LogP contribution in [0.15, 0.2) is 51.3 Å². The molecule has 128 valence electrons. The zero-order valence-corrected chi connectivity index (χ0v) is 15.7. The summed E-state index contributed by atoms with van der Waals surface area (Å²) >= 11 is 3.32. The van der Waals surface area contributed by atoms with Crippen LogP contribution in [-0.2, 0) is 9.68 Å². The Morgan fingerprint density at radius 2 is 1.72 bits per heavy atom. The third-order valence-electron chi connectivity index (χ3n) is 2.99. The number of rotatable bonds is 5. The number of hydrogen-bond acceptors (Lipinski definition) is 6. The summed E-state index contributed by atoms with van der Waals surface area (Å²) in [5.74, 6) is 5.81. The minimum Gasteiger partial charge on any atom is -0.399 e. The van der Waals surface area contributed by atoms with Crippen molar-refractivity contribution in [2.75, 3.05) is 13.7 Å². The van der Waals surface area contributed by atoms with E-state index in [1.807, 2.05) is 50.2 Å². The van der Waals surface area contributed by atoms with Gasteiger partial charge in [-0.2, -0.15) is 0 Å². The van der Waals surface area contributed by atoms with E-state index in [0.717, 1.165) is 10.3 Å². The molecule has 0 N–H and O–H groups in total. The Morgan fingerprint density at radius 1 is 1.04 bits per heavy atom. The third kappa shape index (κ3) is 6.01. The molecule has 2 aromatic rings. The molecule has 2 rings (SSSR count). The molecule has 0 aliphatic rings. The van der Waals surface area contributed by atoms with Gasteiger partial charge in [0.2, 0.25) is 0 Å². The van der Waals surface area contributed by atoms with Crippen molar-refractivity contribution in [1.82, 2.24) is 9.97 Å². The maximum atomic E-state index is 5.22. The Labute approximate surface area is 155 Å². The van der Waals surface area contributed by atoms with Crippen molar-refractivity contribution in [2.24, 2.45) is 10.3 Å². The summed E-state index contributed by atoms with van der Waals surface area (Å²) in [6, 6.07) is 11.1. The zero-order chi connectivity index (χ0) is 18.1. The Balaban J connectivity index is 1.96. The van der Waals surface area contributed by atoms with Gasteiger partial charge in [-0.25, -0.2) is 9.97 Å². The monoisotopic (exact) mass is 400 g/mol. The van der Waals surface area contributed by atoms with Crippen molar-refractivity contribution in [3.63, 3.8) is 0 Å². The molecular formula is C18H17BrN4O2. The van der Waals surface area contributed by atoms with Crippen LogP contribution in [0.2, 0.25) is 0 Å². The quantitative estimate of drug-likeness (QED) is 0.253. The summed E-state index contributed by atoms with van der Waals surface area (Å²) in [7, 11) is 1.50. The lowest BCUT2D eigenvalue weighted by atomic mass is 10.2. The topological polar surface area (TPSA) is 69.0 Å². The molecule has 2 aromatic heterocycles. The standard InChI is InChI=1S/C18H17BrN4O2/c1-13(22-24-3)16-9-4-7-15(20-16)8-6-12-25-23-14(2)17-10-5-11-18(19)21-17/h4-5,7,9-11H,12H2,1-3H3/b22-13+,23-14+. The van der Waals surface area contributed by atoms with Crippen LogP contribution in [0.3, 0.4) is 0 Å². The van der Waals surface area contributed by atoms with Crippen molar-refractivity contribution in [3.05, 3.63) is 58.1 Å². The van der Waals surface area contributed by atoms with Crippen LogP contribution in [0.4, 0.5) is 0 Å². The van der Waals surface area contributed by atoms with E-state index in [2.05, 4.69) is 48.1 Å². The van der Waals surface area contributed by atoms with Gasteiger partial charge in [-0.05, 0) is 60.0 Å². The molecule has 0 saturated carbocycles. The van der Waals surface area contributed by atoms with Gasteiger partial charge in [-0.15, -0.1) is 0 Å². The van der Waals surface area contributed by atoms with Gasteiger partial charge in [0.1, 0.15) is 28.8 Å². The second-order valence-electron chi connectivity index (χ2n) is 4.86. The van der Waals surface area contributed by atoms with Crippen LogP contribution >= 0.6 is 15.9 Å². The lowest BCUT2D eigenvalue weighted by molar-refractivity contribution is 0.179. The minimum atomic E-state index is 0.155. The van der Waals surface area contributed by atoms with Gasteiger partial charge in [0.15, 0.2) is 6.61 Å². The number of nitrogens with zero attached hydrogens (tertiary/aromatic N) is 4. The molecule has 6 nitrogen and oxygen atoms in total. The molecule has 0 spiro atoms. The average molecular weight is 401 g/mol. The van der Waals surface area contributed by atoms with Crippen molar-refractivity contribution in [1.29, 1.82) is 0 Å². The highest BCUT2D eigenvalue weighted by atomic mass is 79.9. The average Bonchev–Trinajstić information content (AvgIpc) is 2.61. The maximum absolute atomic E-state index is 5.22. The second-order valence-corrected chi connectivity index (χ2v) is 5.68. The van der Waals surface area contributed by atoms with Crippen LogP contribution in [0.1, 0.15) is 30.9 Å². The van der Waals surface area contributed by atoms with Gasteiger partial charge in [0, 0.05) is 0 Å². The number of hydrogen-bond donors (Lipinski definition) is 0. The molecule has 0 aliphatic heterocycles. The largest absolute Gasteiger partial charge is 0.399 e. The molecule has 0 bridgehead atoms. The lowest BCUT2D eigenvalue weighted by Crippen LogP contribution is -2.01. The van der Waals surface area contributed by atoms with Crippen molar-refractivity contribution >= 4 is 27.4 Å². The van der Waals surface area contributed by atoms with E-state index in [4.69, 9.17) is 9.68 Å². The zero-order valence-electron chi connectivity index (χ0n) is 14.2. The first-order valence-electron chi connectivity index (χ1n) is 7.43. The van der Waals surface area contributed by atoms with E-state index in [9.17, 15) is 0 Å². The summed E-state index contributed by atoms with van der Waals surface area (Å²) in [6.07, 6.45) is 0. The van der Waals surface area contributed by atoms with Crippen molar-refractivity contribution in [3.8, 4) is 11.8 Å². The lowest BCUT2D eigenvalue weighted by Gasteiger charge is -2.00. The summed E-state index contributed by atoms with van der Waals surface area (Å²) in [6.45, 7) is 3.80. The van der Waals surface area contributed by atoms with Crippen molar-refractivity contribution in [2.45, 2.75) is 13.8 Å². The van der Waals surface area contributed by atoms with Gasteiger partial charge >= 0.3 is 0 Å². The fraction of sp³-hybridized carbons (Fsp3) is 0.222. The molecular weight excluding hydrogens is 384 g/mol. The molecule has 0 fully saturated rings. The highest BCUT2D eigenvalue weighted by Gasteiger charge is 2.01. The van der Waals surface area contributed by atoms with Gasteiger partial charge in [-0.1, -0.05) is 28.4 Å². The molecule has 7 heteroatoms. The molecule has 0 aromatic carbocycles. The smallest absolute Gasteiger partial charge is 0.177 e. The van der Waals surface area contributed by atoms with E-state index >= 15 is 0 Å². The molecule has 0 unspecified atom stereocenters. The van der Waals surface area contributed by atoms with Gasteiger partial charge in [-0.3, -0.25) is 0 Å². The fourth-order valence-electron chi connectivity index (χ4n) is 1.83. The van der Waals surface area contributed by atoms with E-state index < -0.39 is 0 Å².